The van der Waals surface area contributed by atoms with E-state index in [1.807, 2.05) is 32.9 Å². The molecule has 0 spiro atoms. The number of rotatable bonds is 3. The van der Waals surface area contributed by atoms with Crippen LogP contribution in [0.4, 0.5) is 0 Å². The van der Waals surface area contributed by atoms with E-state index in [1.54, 1.807) is 0 Å². The molecule has 0 atom stereocenters. The molecular weight excluding hydrogens is 200 g/mol. The zero-order chi connectivity index (χ0) is 12.2. The van der Waals surface area contributed by atoms with Crippen LogP contribution in [0.3, 0.4) is 0 Å². The van der Waals surface area contributed by atoms with E-state index < -0.39 is 5.41 Å². The molecule has 0 N–H and O–H groups in total. The van der Waals surface area contributed by atoms with Crippen molar-refractivity contribution < 1.29 is 9.53 Å². The van der Waals surface area contributed by atoms with Crippen LogP contribution in [-0.2, 0) is 16.0 Å². The van der Waals surface area contributed by atoms with Gasteiger partial charge in [-0.3, -0.25) is 4.79 Å². The van der Waals surface area contributed by atoms with Gasteiger partial charge in [0.1, 0.15) is 0 Å². The Bertz CT molecular complexity index is 361. The molecule has 1 aromatic carbocycles. The lowest BCUT2D eigenvalue weighted by Gasteiger charge is -2.16. The predicted molar refractivity (Wildman–Crippen MR) is 65.3 cm³/mol. The molecule has 0 aliphatic heterocycles. The van der Waals surface area contributed by atoms with Crippen molar-refractivity contribution in [3.05, 3.63) is 35.4 Å². The molecule has 0 aromatic heterocycles. The Kier molecular flexibility index (Phi) is 4.11. The number of hydrogen-bond donors (Lipinski definition) is 0. The summed E-state index contributed by atoms with van der Waals surface area (Å²) in [4.78, 5) is 11.5. The Hall–Kier alpha value is -1.31. The number of carbonyl (C=O) groups is 1. The lowest BCUT2D eigenvalue weighted by atomic mass is 9.97. The molecule has 16 heavy (non-hydrogen) atoms. The van der Waals surface area contributed by atoms with E-state index in [4.69, 9.17) is 4.74 Å². The summed E-state index contributed by atoms with van der Waals surface area (Å²) in [5, 5.41) is 0. The Morgan fingerprint density at radius 1 is 1.25 bits per heavy atom. The average Bonchev–Trinajstić information content (AvgIpc) is 2.19. The van der Waals surface area contributed by atoms with Gasteiger partial charge in [-0.2, -0.15) is 0 Å². The van der Waals surface area contributed by atoms with Gasteiger partial charge < -0.3 is 4.74 Å². The van der Waals surface area contributed by atoms with Crippen LogP contribution >= 0.6 is 0 Å². The van der Waals surface area contributed by atoms with Gasteiger partial charge in [0, 0.05) is 6.42 Å². The van der Waals surface area contributed by atoms with Crippen molar-refractivity contribution in [3.8, 4) is 0 Å². The van der Waals surface area contributed by atoms with E-state index in [0.717, 1.165) is 6.42 Å². The molecule has 1 rings (SSSR count). The maximum absolute atomic E-state index is 11.5. The van der Waals surface area contributed by atoms with Gasteiger partial charge in [-0.1, -0.05) is 24.3 Å². The van der Waals surface area contributed by atoms with Crippen molar-refractivity contribution in [2.24, 2.45) is 5.41 Å². The van der Waals surface area contributed by atoms with Crippen molar-refractivity contribution in [2.75, 3.05) is 6.61 Å². The highest BCUT2D eigenvalue weighted by Gasteiger charge is 2.22. The first-order valence-corrected chi connectivity index (χ1v) is 5.63. The quantitative estimate of drug-likeness (QED) is 0.731. The first-order valence-electron chi connectivity index (χ1n) is 5.63. The number of hydrogen-bond acceptors (Lipinski definition) is 2. The molecule has 2 heteroatoms. The normalized spacial score (nSPS) is 11.2. The molecule has 0 aliphatic rings. The van der Waals surface area contributed by atoms with E-state index in [0.29, 0.717) is 6.61 Å². The van der Waals surface area contributed by atoms with Crippen molar-refractivity contribution in [1.82, 2.24) is 0 Å². The second-order valence-corrected chi connectivity index (χ2v) is 5.06. The minimum atomic E-state index is -0.411. The third kappa shape index (κ3) is 3.69. The third-order valence-corrected chi connectivity index (χ3v) is 2.48. The molecule has 0 unspecified atom stereocenters. The fraction of sp³-hybridized carbons (Fsp3) is 0.500. The number of benzene rings is 1. The maximum atomic E-state index is 11.5. The fourth-order valence-corrected chi connectivity index (χ4v) is 1.36. The van der Waals surface area contributed by atoms with Gasteiger partial charge >= 0.3 is 5.97 Å². The molecule has 0 saturated carbocycles. The number of ether oxygens (including phenoxy) is 1. The Morgan fingerprint density at radius 2 is 1.88 bits per heavy atom. The SMILES string of the molecule is Cc1ccccc1CCOC(=O)C(C)(C)C. The smallest absolute Gasteiger partial charge is 0.311 e. The van der Waals surface area contributed by atoms with Gasteiger partial charge in [-0.25, -0.2) is 0 Å². The highest BCUT2D eigenvalue weighted by atomic mass is 16.5. The molecule has 0 saturated heterocycles. The fourth-order valence-electron chi connectivity index (χ4n) is 1.36. The average molecular weight is 220 g/mol. The summed E-state index contributed by atoms with van der Waals surface area (Å²) in [7, 11) is 0. The second-order valence-electron chi connectivity index (χ2n) is 5.06. The Balaban J connectivity index is 2.43. The highest BCUT2D eigenvalue weighted by molar-refractivity contribution is 5.75. The van der Waals surface area contributed by atoms with E-state index in [-0.39, 0.29) is 5.97 Å². The first-order chi connectivity index (χ1) is 7.41. The van der Waals surface area contributed by atoms with Crippen molar-refractivity contribution in [2.45, 2.75) is 34.1 Å². The van der Waals surface area contributed by atoms with Crippen molar-refractivity contribution >= 4 is 5.97 Å². The summed E-state index contributed by atoms with van der Waals surface area (Å²) in [6, 6.07) is 8.16. The third-order valence-electron chi connectivity index (χ3n) is 2.48. The minimum Gasteiger partial charge on any atom is -0.465 e. The summed E-state index contributed by atoms with van der Waals surface area (Å²) in [6.07, 6.45) is 0.786. The largest absolute Gasteiger partial charge is 0.465 e. The molecular formula is C14H20O2. The van der Waals surface area contributed by atoms with E-state index in [1.165, 1.54) is 11.1 Å². The van der Waals surface area contributed by atoms with Crippen LogP contribution in [0.1, 0.15) is 31.9 Å². The number of aryl methyl sites for hydroxylation is 1. The maximum Gasteiger partial charge on any atom is 0.311 e. The van der Waals surface area contributed by atoms with E-state index in [2.05, 4.69) is 19.1 Å². The van der Waals surface area contributed by atoms with Gasteiger partial charge in [0.2, 0.25) is 0 Å². The van der Waals surface area contributed by atoms with Gasteiger partial charge in [0.15, 0.2) is 0 Å². The Labute approximate surface area is 97.6 Å². The van der Waals surface area contributed by atoms with Crippen LogP contribution in [0, 0.1) is 12.3 Å². The molecule has 88 valence electrons. The Morgan fingerprint density at radius 3 is 2.44 bits per heavy atom. The molecule has 0 fully saturated rings. The van der Waals surface area contributed by atoms with Crippen molar-refractivity contribution in [3.63, 3.8) is 0 Å². The van der Waals surface area contributed by atoms with Gasteiger partial charge in [-0.15, -0.1) is 0 Å². The van der Waals surface area contributed by atoms with Crippen LogP contribution in [0.2, 0.25) is 0 Å². The highest BCUT2D eigenvalue weighted by Crippen LogP contribution is 2.15. The zero-order valence-electron chi connectivity index (χ0n) is 10.5. The summed E-state index contributed by atoms with van der Waals surface area (Å²) in [5.41, 5.74) is 2.07. The monoisotopic (exact) mass is 220 g/mol. The lowest BCUT2D eigenvalue weighted by Crippen LogP contribution is -2.23. The zero-order valence-corrected chi connectivity index (χ0v) is 10.5. The molecule has 0 aliphatic carbocycles. The van der Waals surface area contributed by atoms with Crippen LogP contribution in [0.5, 0.6) is 0 Å². The molecule has 0 bridgehead atoms. The standard InChI is InChI=1S/C14H20O2/c1-11-7-5-6-8-12(11)9-10-16-13(15)14(2,3)4/h5-8H,9-10H2,1-4H3. The van der Waals surface area contributed by atoms with Crippen molar-refractivity contribution in [1.29, 1.82) is 0 Å². The number of carbonyl (C=O) groups excluding carboxylic acids is 1. The second kappa shape index (κ2) is 5.15. The molecule has 0 radical (unpaired) electrons. The minimum absolute atomic E-state index is 0.138. The van der Waals surface area contributed by atoms with Gasteiger partial charge in [0.25, 0.3) is 0 Å². The molecule has 0 amide bonds. The van der Waals surface area contributed by atoms with E-state index >= 15 is 0 Å². The summed E-state index contributed by atoms with van der Waals surface area (Å²) in [5.74, 6) is -0.138. The predicted octanol–water partition coefficient (Wildman–Crippen LogP) is 3.13. The molecule has 1 aromatic rings. The van der Waals surface area contributed by atoms with Gasteiger partial charge in [-0.05, 0) is 38.8 Å². The van der Waals surface area contributed by atoms with Crippen LogP contribution < -0.4 is 0 Å². The topological polar surface area (TPSA) is 26.3 Å². The van der Waals surface area contributed by atoms with Gasteiger partial charge in [0.05, 0.1) is 12.0 Å². The van der Waals surface area contributed by atoms with E-state index in [9.17, 15) is 4.79 Å². The summed E-state index contributed by atoms with van der Waals surface area (Å²) >= 11 is 0. The molecule has 2 nitrogen and oxygen atoms in total. The molecule has 0 heterocycles. The summed E-state index contributed by atoms with van der Waals surface area (Å²) < 4.78 is 5.23. The van der Waals surface area contributed by atoms with Crippen LogP contribution in [0.15, 0.2) is 24.3 Å². The van der Waals surface area contributed by atoms with Crippen LogP contribution in [-0.4, -0.2) is 12.6 Å². The number of esters is 1. The lowest BCUT2D eigenvalue weighted by molar-refractivity contribution is -0.152. The first kappa shape index (κ1) is 12.8. The van der Waals surface area contributed by atoms with Crippen LogP contribution in [0.25, 0.3) is 0 Å². The summed E-state index contributed by atoms with van der Waals surface area (Å²) in [6.45, 7) is 8.12.